The summed E-state index contributed by atoms with van der Waals surface area (Å²) in [6, 6.07) is 4.29. The number of benzene rings is 1. The highest BCUT2D eigenvalue weighted by Crippen LogP contribution is 2.19. The van der Waals surface area contributed by atoms with Gasteiger partial charge in [-0.25, -0.2) is 19.6 Å². The Morgan fingerprint density at radius 3 is 2.52 bits per heavy atom. The van der Waals surface area contributed by atoms with Crippen LogP contribution in [-0.2, 0) is 19.1 Å². The summed E-state index contributed by atoms with van der Waals surface area (Å²) in [5.41, 5.74) is 3.19. The van der Waals surface area contributed by atoms with Crippen molar-refractivity contribution in [3.63, 3.8) is 0 Å². The molecule has 154 valence electrons. The van der Waals surface area contributed by atoms with Crippen LogP contribution in [-0.4, -0.2) is 58.5 Å². The molecular formula is C21H25N3O5. The summed E-state index contributed by atoms with van der Waals surface area (Å²) in [4.78, 5) is 47.4. The van der Waals surface area contributed by atoms with Gasteiger partial charge in [-0.1, -0.05) is 0 Å². The van der Waals surface area contributed by atoms with Crippen LogP contribution in [0.25, 0.3) is 11.0 Å². The van der Waals surface area contributed by atoms with E-state index in [9.17, 15) is 14.4 Å². The second kappa shape index (κ2) is 8.98. The maximum absolute atomic E-state index is 12.6. The minimum absolute atomic E-state index is 0.260. The normalized spacial score (nSPS) is 16.5. The van der Waals surface area contributed by atoms with Crippen LogP contribution in [0.1, 0.15) is 47.9 Å². The topological polar surface area (TPSA) is 98.7 Å². The quantitative estimate of drug-likeness (QED) is 0.712. The molecule has 2 aromatic rings. The molecule has 1 atom stereocenters. The maximum atomic E-state index is 12.6. The largest absolute Gasteiger partial charge is 0.464 e. The highest BCUT2D eigenvalue weighted by molar-refractivity contribution is 5.95. The minimum Gasteiger partial charge on any atom is -0.464 e. The molecule has 1 aromatic heterocycles. The molecule has 1 fully saturated rings. The van der Waals surface area contributed by atoms with Gasteiger partial charge >= 0.3 is 11.9 Å². The predicted molar refractivity (Wildman–Crippen MR) is 105 cm³/mol. The number of aryl methyl sites for hydroxylation is 2. The SMILES string of the molecule is CCOC(=O)[C@@H]1CCCCN1C(=O)COC(=O)c1ccc2nc(C)c(C)nc2c1. The van der Waals surface area contributed by atoms with Gasteiger partial charge < -0.3 is 14.4 Å². The molecule has 8 heteroatoms. The number of carbonyl (C=O) groups excluding carboxylic acids is 3. The van der Waals surface area contributed by atoms with Crippen molar-refractivity contribution >= 4 is 28.9 Å². The fraction of sp³-hybridized carbons (Fsp3) is 0.476. The number of ether oxygens (including phenoxy) is 2. The Morgan fingerprint density at radius 2 is 1.79 bits per heavy atom. The third-order valence-corrected chi connectivity index (χ3v) is 5.02. The van der Waals surface area contributed by atoms with Crippen molar-refractivity contribution < 1.29 is 23.9 Å². The van der Waals surface area contributed by atoms with Crippen molar-refractivity contribution in [2.24, 2.45) is 0 Å². The number of hydrogen-bond donors (Lipinski definition) is 0. The maximum Gasteiger partial charge on any atom is 0.338 e. The number of aromatic nitrogens is 2. The molecule has 0 unspecified atom stereocenters. The van der Waals surface area contributed by atoms with E-state index < -0.39 is 30.5 Å². The highest BCUT2D eigenvalue weighted by Gasteiger charge is 2.33. The van der Waals surface area contributed by atoms with Crippen LogP contribution in [0.2, 0.25) is 0 Å². The van der Waals surface area contributed by atoms with Gasteiger partial charge in [-0.2, -0.15) is 0 Å². The Bertz CT molecular complexity index is 943. The fourth-order valence-electron chi connectivity index (χ4n) is 3.36. The van der Waals surface area contributed by atoms with Gasteiger partial charge in [0.2, 0.25) is 0 Å². The molecule has 1 aliphatic heterocycles. The summed E-state index contributed by atoms with van der Waals surface area (Å²) in [5.74, 6) is -1.43. The molecule has 2 heterocycles. The lowest BCUT2D eigenvalue weighted by molar-refractivity contribution is -0.157. The molecule has 0 aliphatic carbocycles. The van der Waals surface area contributed by atoms with Crippen LogP contribution in [0.3, 0.4) is 0 Å². The van der Waals surface area contributed by atoms with Crippen molar-refractivity contribution in [3.8, 4) is 0 Å². The molecule has 0 bridgehead atoms. The zero-order valence-corrected chi connectivity index (χ0v) is 16.9. The van der Waals surface area contributed by atoms with Crippen LogP contribution in [0, 0.1) is 13.8 Å². The highest BCUT2D eigenvalue weighted by atomic mass is 16.5. The molecule has 0 radical (unpaired) electrons. The lowest BCUT2D eigenvalue weighted by Gasteiger charge is -2.33. The summed E-state index contributed by atoms with van der Waals surface area (Å²) in [7, 11) is 0. The first-order valence-electron chi connectivity index (χ1n) is 9.79. The van der Waals surface area contributed by atoms with E-state index in [0.29, 0.717) is 29.6 Å². The van der Waals surface area contributed by atoms with Gasteiger partial charge in [-0.3, -0.25) is 4.79 Å². The fourth-order valence-corrected chi connectivity index (χ4v) is 3.36. The number of piperidine rings is 1. The van der Waals surface area contributed by atoms with Gasteiger partial charge in [-0.05, 0) is 58.2 Å². The molecule has 0 spiro atoms. The standard InChI is InChI=1S/C21H25N3O5/c1-4-28-21(27)18-7-5-6-10-24(18)19(25)12-29-20(26)15-8-9-16-17(11-15)23-14(3)13(2)22-16/h8-9,11,18H,4-7,10,12H2,1-3H3/t18-/m0/s1. The Balaban J connectivity index is 1.66. The molecule has 1 amide bonds. The number of nitrogens with zero attached hydrogens (tertiary/aromatic N) is 3. The summed E-state index contributed by atoms with van der Waals surface area (Å²) in [5, 5.41) is 0. The minimum atomic E-state index is -0.620. The second-order valence-electron chi connectivity index (χ2n) is 7.02. The Morgan fingerprint density at radius 1 is 1.07 bits per heavy atom. The van der Waals surface area contributed by atoms with Crippen LogP contribution in [0.4, 0.5) is 0 Å². The van der Waals surface area contributed by atoms with E-state index in [4.69, 9.17) is 9.47 Å². The van der Waals surface area contributed by atoms with Crippen molar-refractivity contribution in [1.29, 1.82) is 0 Å². The summed E-state index contributed by atoms with van der Waals surface area (Å²) < 4.78 is 10.3. The lowest BCUT2D eigenvalue weighted by Crippen LogP contribution is -2.50. The predicted octanol–water partition coefficient (Wildman–Crippen LogP) is 2.35. The van der Waals surface area contributed by atoms with Crippen LogP contribution in [0.5, 0.6) is 0 Å². The number of rotatable bonds is 5. The van der Waals surface area contributed by atoms with E-state index in [1.165, 1.54) is 4.90 Å². The molecule has 1 aromatic carbocycles. The van der Waals surface area contributed by atoms with Gasteiger partial charge in [0.05, 0.1) is 34.6 Å². The van der Waals surface area contributed by atoms with E-state index in [1.54, 1.807) is 25.1 Å². The van der Waals surface area contributed by atoms with Gasteiger partial charge in [0, 0.05) is 6.54 Å². The summed E-state index contributed by atoms with van der Waals surface area (Å²) >= 11 is 0. The van der Waals surface area contributed by atoms with Crippen molar-refractivity contribution in [2.45, 2.75) is 46.1 Å². The zero-order chi connectivity index (χ0) is 21.0. The molecule has 0 N–H and O–H groups in total. The monoisotopic (exact) mass is 399 g/mol. The smallest absolute Gasteiger partial charge is 0.338 e. The Kier molecular flexibility index (Phi) is 6.41. The van der Waals surface area contributed by atoms with E-state index in [1.807, 2.05) is 13.8 Å². The van der Waals surface area contributed by atoms with Gasteiger partial charge in [0.15, 0.2) is 6.61 Å². The number of hydrogen-bond acceptors (Lipinski definition) is 7. The average molecular weight is 399 g/mol. The first-order chi connectivity index (χ1) is 13.9. The van der Waals surface area contributed by atoms with Gasteiger partial charge in [-0.15, -0.1) is 0 Å². The molecule has 8 nitrogen and oxygen atoms in total. The number of fused-ring (bicyclic) bond motifs is 1. The summed E-state index contributed by atoms with van der Waals surface area (Å²) in [6.07, 6.45) is 2.21. The first kappa shape index (κ1) is 20.7. The van der Waals surface area contributed by atoms with Crippen molar-refractivity contribution in [1.82, 2.24) is 14.9 Å². The van der Waals surface area contributed by atoms with E-state index in [0.717, 1.165) is 24.2 Å². The second-order valence-corrected chi connectivity index (χ2v) is 7.02. The number of amides is 1. The number of likely N-dealkylation sites (tertiary alicyclic amines) is 1. The van der Waals surface area contributed by atoms with Crippen LogP contribution >= 0.6 is 0 Å². The Hall–Kier alpha value is -3.03. The van der Waals surface area contributed by atoms with Gasteiger partial charge in [0.25, 0.3) is 5.91 Å². The summed E-state index contributed by atoms with van der Waals surface area (Å²) in [6.45, 7) is 5.74. The third-order valence-electron chi connectivity index (χ3n) is 5.02. The van der Waals surface area contributed by atoms with Crippen molar-refractivity contribution in [2.75, 3.05) is 19.8 Å². The van der Waals surface area contributed by atoms with E-state index >= 15 is 0 Å². The average Bonchev–Trinajstić information content (AvgIpc) is 2.72. The Labute approximate surface area is 169 Å². The number of carbonyl (C=O) groups is 3. The van der Waals surface area contributed by atoms with Crippen molar-refractivity contribution in [3.05, 3.63) is 35.2 Å². The lowest BCUT2D eigenvalue weighted by atomic mass is 10.0. The third kappa shape index (κ3) is 4.70. The zero-order valence-electron chi connectivity index (χ0n) is 16.9. The molecular weight excluding hydrogens is 374 g/mol. The van der Waals surface area contributed by atoms with Gasteiger partial charge in [0.1, 0.15) is 6.04 Å². The van der Waals surface area contributed by atoms with E-state index in [2.05, 4.69) is 9.97 Å². The number of esters is 2. The van der Waals surface area contributed by atoms with Crippen LogP contribution < -0.4 is 0 Å². The molecule has 1 saturated heterocycles. The molecule has 0 saturated carbocycles. The molecule has 1 aliphatic rings. The molecule has 3 rings (SSSR count). The van der Waals surface area contributed by atoms with Crippen LogP contribution in [0.15, 0.2) is 18.2 Å². The molecule has 29 heavy (non-hydrogen) atoms. The first-order valence-corrected chi connectivity index (χ1v) is 9.79. The van der Waals surface area contributed by atoms with E-state index in [-0.39, 0.29) is 6.61 Å².